The molecule has 0 aliphatic carbocycles. The number of para-hydroxylation sites is 1. The van der Waals surface area contributed by atoms with Crippen LogP contribution in [0.5, 0.6) is 11.5 Å². The van der Waals surface area contributed by atoms with Crippen LogP contribution in [-0.2, 0) is 11.2 Å². The molecule has 0 saturated carbocycles. The third kappa shape index (κ3) is 6.74. The fraction of sp³-hybridized carbons (Fsp3) is 0.400. The highest BCUT2D eigenvalue weighted by molar-refractivity contribution is 7.99. The van der Waals surface area contributed by atoms with E-state index in [-0.39, 0.29) is 5.91 Å². The number of carbonyl (C=O) groups excluding carboxylic acids is 1. The van der Waals surface area contributed by atoms with Crippen molar-refractivity contribution in [3.8, 4) is 17.2 Å². The van der Waals surface area contributed by atoms with Crippen LogP contribution in [0, 0.1) is 6.92 Å². The van der Waals surface area contributed by atoms with Crippen molar-refractivity contribution in [1.29, 1.82) is 0 Å². The fourth-order valence-electron chi connectivity index (χ4n) is 3.50. The Bertz CT molecular complexity index is 1040. The largest absolute Gasteiger partial charge is 0.493 e. The predicted octanol–water partition coefficient (Wildman–Crippen LogP) is 4.56. The van der Waals surface area contributed by atoms with Crippen LogP contribution in [0.15, 0.2) is 53.7 Å². The molecule has 0 aliphatic heterocycles. The lowest BCUT2D eigenvalue weighted by atomic mass is 10.1. The molecular formula is C25H32N4O3S. The van der Waals surface area contributed by atoms with Crippen molar-refractivity contribution in [2.24, 2.45) is 0 Å². The summed E-state index contributed by atoms with van der Waals surface area (Å²) in [5.41, 5.74) is 2.18. The molecule has 176 valence electrons. The Morgan fingerprint density at radius 1 is 1.03 bits per heavy atom. The molecule has 0 fully saturated rings. The number of likely N-dealkylation sites (N-methyl/N-ethyl adjacent to an activating group) is 1. The zero-order chi connectivity index (χ0) is 23.6. The lowest BCUT2D eigenvalue weighted by Crippen LogP contribution is -2.28. The first kappa shape index (κ1) is 24.6. The van der Waals surface area contributed by atoms with Crippen LogP contribution >= 0.6 is 11.8 Å². The second kappa shape index (κ2) is 12.3. The summed E-state index contributed by atoms with van der Waals surface area (Å²) in [4.78, 5) is 14.3. The van der Waals surface area contributed by atoms with E-state index in [0.717, 1.165) is 47.2 Å². The number of unbranched alkanes of at least 4 members (excludes halogenated alkanes) is 1. The van der Waals surface area contributed by atoms with Gasteiger partial charge in [0.25, 0.3) is 0 Å². The molecule has 3 rings (SSSR count). The predicted molar refractivity (Wildman–Crippen MR) is 132 cm³/mol. The molecule has 1 amide bonds. The fourth-order valence-corrected chi connectivity index (χ4v) is 4.50. The van der Waals surface area contributed by atoms with Crippen LogP contribution in [-0.4, -0.2) is 59.1 Å². The molecule has 3 aromatic rings. The smallest absolute Gasteiger partial charge is 0.222 e. The van der Waals surface area contributed by atoms with Gasteiger partial charge < -0.3 is 14.4 Å². The van der Waals surface area contributed by atoms with Crippen molar-refractivity contribution in [2.45, 2.75) is 37.8 Å². The Morgan fingerprint density at radius 2 is 1.79 bits per heavy atom. The van der Waals surface area contributed by atoms with Crippen molar-refractivity contribution in [3.63, 3.8) is 0 Å². The highest BCUT2D eigenvalue weighted by Gasteiger charge is 2.12. The normalized spacial score (nSPS) is 10.8. The maximum Gasteiger partial charge on any atom is 0.222 e. The third-order valence-corrected chi connectivity index (χ3v) is 6.45. The third-order valence-electron chi connectivity index (χ3n) is 5.44. The molecule has 7 nitrogen and oxygen atoms in total. The number of methoxy groups -OCH3 is 2. The first-order chi connectivity index (χ1) is 16.0. The van der Waals surface area contributed by atoms with Gasteiger partial charge in [-0.25, -0.2) is 0 Å². The highest BCUT2D eigenvalue weighted by Crippen LogP contribution is 2.28. The van der Waals surface area contributed by atoms with E-state index in [2.05, 4.69) is 26.9 Å². The molecule has 0 radical (unpaired) electrons. The number of nitrogens with zero attached hydrogens (tertiary/aromatic N) is 4. The molecule has 0 N–H and O–H groups in total. The number of aromatic nitrogens is 3. The summed E-state index contributed by atoms with van der Waals surface area (Å²) < 4.78 is 12.7. The Hall–Kier alpha value is -3.00. The average molecular weight is 469 g/mol. The number of thioether (sulfide) groups is 1. The molecule has 0 unspecified atom stereocenters. The number of amides is 1. The minimum absolute atomic E-state index is 0.170. The molecule has 33 heavy (non-hydrogen) atoms. The number of rotatable bonds is 12. The monoisotopic (exact) mass is 468 g/mol. The molecule has 0 atom stereocenters. The van der Waals surface area contributed by atoms with E-state index in [4.69, 9.17) is 9.47 Å². The molecule has 2 aromatic carbocycles. The molecule has 0 aliphatic rings. The molecule has 0 saturated heterocycles. The quantitative estimate of drug-likeness (QED) is 0.287. The van der Waals surface area contributed by atoms with Gasteiger partial charge >= 0.3 is 0 Å². The van der Waals surface area contributed by atoms with Gasteiger partial charge in [0.2, 0.25) is 5.91 Å². The van der Waals surface area contributed by atoms with Crippen LogP contribution in [0.2, 0.25) is 0 Å². The highest BCUT2D eigenvalue weighted by atomic mass is 32.2. The minimum Gasteiger partial charge on any atom is -0.493 e. The Labute approximate surface area is 200 Å². The minimum atomic E-state index is 0.170. The van der Waals surface area contributed by atoms with Gasteiger partial charge in [-0.1, -0.05) is 36.0 Å². The van der Waals surface area contributed by atoms with Gasteiger partial charge in [-0.3, -0.25) is 9.36 Å². The number of carbonyl (C=O) groups is 1. The first-order valence-corrected chi connectivity index (χ1v) is 12.1. The van der Waals surface area contributed by atoms with Crippen molar-refractivity contribution in [2.75, 3.05) is 33.6 Å². The van der Waals surface area contributed by atoms with Crippen LogP contribution in [0.4, 0.5) is 0 Å². The average Bonchev–Trinajstić information content (AvgIpc) is 3.22. The summed E-state index contributed by atoms with van der Waals surface area (Å²) in [7, 11) is 5.11. The lowest BCUT2D eigenvalue weighted by Gasteiger charge is -2.17. The number of benzene rings is 2. The van der Waals surface area contributed by atoms with Gasteiger partial charge in [-0.15, -0.1) is 10.2 Å². The van der Waals surface area contributed by atoms with Crippen molar-refractivity contribution in [3.05, 3.63) is 59.9 Å². The van der Waals surface area contributed by atoms with Crippen LogP contribution in [0.1, 0.15) is 30.7 Å². The topological polar surface area (TPSA) is 69.5 Å². The SMILES string of the molecule is COc1ccc(CCN(C)C(=O)CCCCSc2nnc(C)n2-c2ccccc2)cc1OC. The van der Waals surface area contributed by atoms with Crippen molar-refractivity contribution < 1.29 is 14.3 Å². The Morgan fingerprint density at radius 3 is 2.52 bits per heavy atom. The molecule has 1 aromatic heterocycles. The second-order valence-electron chi connectivity index (χ2n) is 7.76. The number of hydrogen-bond acceptors (Lipinski definition) is 6. The van der Waals surface area contributed by atoms with Crippen molar-refractivity contribution >= 4 is 17.7 Å². The first-order valence-electron chi connectivity index (χ1n) is 11.1. The van der Waals surface area contributed by atoms with Gasteiger partial charge in [0, 0.05) is 31.5 Å². The molecule has 1 heterocycles. The van der Waals surface area contributed by atoms with Gasteiger partial charge in [-0.05, 0) is 56.0 Å². The molecule has 0 bridgehead atoms. The molecular weight excluding hydrogens is 436 g/mol. The lowest BCUT2D eigenvalue weighted by molar-refractivity contribution is -0.129. The summed E-state index contributed by atoms with van der Waals surface area (Å²) in [5, 5.41) is 9.43. The van der Waals surface area contributed by atoms with Crippen LogP contribution in [0.25, 0.3) is 5.69 Å². The zero-order valence-electron chi connectivity index (χ0n) is 19.8. The van der Waals surface area contributed by atoms with E-state index in [1.165, 1.54) is 0 Å². The van der Waals surface area contributed by atoms with Gasteiger partial charge in [0.15, 0.2) is 16.7 Å². The summed E-state index contributed by atoms with van der Waals surface area (Å²) >= 11 is 1.68. The summed E-state index contributed by atoms with van der Waals surface area (Å²) in [6.07, 6.45) is 3.12. The number of ether oxygens (including phenoxy) is 2. The standard InChI is InChI=1S/C25H32N4O3S/c1-19-26-27-25(29(19)21-10-6-5-7-11-21)33-17-9-8-12-24(30)28(2)16-15-20-13-14-22(31-3)23(18-20)32-4/h5-7,10-11,13-14,18H,8-9,12,15-17H2,1-4H3. The molecule has 0 spiro atoms. The van der Waals surface area contributed by atoms with Gasteiger partial charge in [0.1, 0.15) is 5.82 Å². The molecule has 8 heteroatoms. The van der Waals surface area contributed by atoms with E-state index in [1.54, 1.807) is 30.9 Å². The van der Waals surface area contributed by atoms with E-state index in [1.807, 2.05) is 50.4 Å². The second-order valence-corrected chi connectivity index (χ2v) is 8.82. The van der Waals surface area contributed by atoms with Crippen molar-refractivity contribution in [1.82, 2.24) is 19.7 Å². The maximum absolute atomic E-state index is 12.5. The maximum atomic E-state index is 12.5. The van der Waals surface area contributed by atoms with Crippen LogP contribution < -0.4 is 9.47 Å². The summed E-state index contributed by atoms with van der Waals surface area (Å²) in [5.74, 6) is 3.35. The zero-order valence-corrected chi connectivity index (χ0v) is 20.6. The number of aryl methyl sites for hydroxylation is 1. The van der Waals surface area contributed by atoms with Gasteiger partial charge in [-0.2, -0.15) is 0 Å². The summed E-state index contributed by atoms with van der Waals surface area (Å²) in [6.45, 7) is 2.63. The van der Waals surface area contributed by atoms with E-state index in [9.17, 15) is 4.79 Å². The number of hydrogen-bond donors (Lipinski definition) is 0. The Balaban J connectivity index is 1.40. The van der Waals surface area contributed by atoms with E-state index in [0.29, 0.717) is 24.5 Å². The van der Waals surface area contributed by atoms with Gasteiger partial charge in [0.05, 0.1) is 14.2 Å². The van der Waals surface area contributed by atoms with E-state index < -0.39 is 0 Å². The van der Waals surface area contributed by atoms with E-state index >= 15 is 0 Å². The Kier molecular flexibility index (Phi) is 9.18. The van der Waals surface area contributed by atoms with Crippen LogP contribution in [0.3, 0.4) is 0 Å². The summed E-state index contributed by atoms with van der Waals surface area (Å²) in [6, 6.07) is 16.0.